The molecule has 1 amide bonds. The standard InChI is InChI=1S/C27H30F3N3O3S/c28-27(29,30)21-4-3-19-5-8-32(26(35)24(19)11-21)14-23(34)10-20-13-33(22-6-9-36-16-22)15-25(20)37-17-18-2-1-7-31-12-18/h1-4,7,11-12,20,22,25H,5-6,8-10,13-17H2/t20?,22?,25-/m0/s1. The molecule has 37 heavy (non-hydrogen) atoms. The zero-order valence-electron chi connectivity index (χ0n) is 20.5. The summed E-state index contributed by atoms with van der Waals surface area (Å²) in [5.74, 6) is 0.393. The average Bonchev–Trinajstić information content (AvgIpc) is 3.55. The van der Waals surface area contributed by atoms with Gasteiger partial charge in [-0.15, -0.1) is 0 Å². The highest BCUT2D eigenvalue weighted by Crippen LogP contribution is 2.35. The van der Waals surface area contributed by atoms with E-state index in [0.717, 1.165) is 49.6 Å². The van der Waals surface area contributed by atoms with Crippen LogP contribution < -0.4 is 0 Å². The van der Waals surface area contributed by atoms with Crippen LogP contribution in [0.4, 0.5) is 13.2 Å². The zero-order valence-corrected chi connectivity index (χ0v) is 21.3. The molecule has 2 fully saturated rings. The minimum atomic E-state index is -4.52. The first-order chi connectivity index (χ1) is 17.8. The van der Waals surface area contributed by atoms with Crippen molar-refractivity contribution in [2.24, 2.45) is 5.92 Å². The summed E-state index contributed by atoms with van der Waals surface area (Å²) in [5.41, 5.74) is 0.935. The van der Waals surface area contributed by atoms with Crippen molar-refractivity contribution in [3.05, 3.63) is 65.0 Å². The van der Waals surface area contributed by atoms with Crippen LogP contribution in [0.15, 0.2) is 42.7 Å². The van der Waals surface area contributed by atoms with Gasteiger partial charge in [-0.25, -0.2) is 0 Å². The predicted octanol–water partition coefficient (Wildman–Crippen LogP) is 4.08. The van der Waals surface area contributed by atoms with E-state index in [9.17, 15) is 22.8 Å². The molecule has 5 rings (SSSR count). The number of aromatic nitrogens is 1. The van der Waals surface area contributed by atoms with Crippen molar-refractivity contribution < 1.29 is 27.5 Å². The third kappa shape index (κ3) is 6.18. The zero-order chi connectivity index (χ0) is 26.0. The van der Waals surface area contributed by atoms with E-state index in [4.69, 9.17) is 4.74 Å². The number of likely N-dealkylation sites (tertiary alicyclic amines) is 1. The number of benzene rings is 1. The molecule has 198 valence electrons. The second-order valence-electron chi connectivity index (χ2n) is 10.0. The number of alkyl halides is 3. The number of amides is 1. The molecular weight excluding hydrogens is 503 g/mol. The van der Waals surface area contributed by atoms with Crippen molar-refractivity contribution in [3.8, 4) is 0 Å². The van der Waals surface area contributed by atoms with Gasteiger partial charge in [-0.1, -0.05) is 12.1 Å². The van der Waals surface area contributed by atoms with Crippen LogP contribution in [0.25, 0.3) is 0 Å². The third-order valence-electron chi connectivity index (χ3n) is 7.48. The number of hydrogen-bond acceptors (Lipinski definition) is 6. The van der Waals surface area contributed by atoms with E-state index in [1.807, 2.05) is 30.1 Å². The Morgan fingerprint density at radius 3 is 2.81 bits per heavy atom. The number of ether oxygens (including phenoxy) is 1. The highest BCUT2D eigenvalue weighted by atomic mass is 32.2. The quantitative estimate of drug-likeness (QED) is 0.510. The molecule has 0 radical (unpaired) electrons. The Balaban J connectivity index is 1.23. The molecule has 10 heteroatoms. The number of halogens is 3. The van der Waals surface area contributed by atoms with Crippen molar-refractivity contribution in [1.82, 2.24) is 14.8 Å². The second kappa shape index (κ2) is 11.1. The maximum Gasteiger partial charge on any atom is 0.416 e. The summed E-state index contributed by atoms with van der Waals surface area (Å²) in [6, 6.07) is 7.62. The smallest absolute Gasteiger partial charge is 0.380 e. The molecule has 1 aromatic heterocycles. The number of ketones is 1. The van der Waals surface area contributed by atoms with Crippen molar-refractivity contribution in [2.45, 2.75) is 42.5 Å². The molecule has 2 saturated heterocycles. The minimum absolute atomic E-state index is 0.0482. The first-order valence-corrected chi connectivity index (χ1v) is 13.7. The Hall–Kier alpha value is -2.43. The normalized spacial score (nSPS) is 24.5. The number of fused-ring (bicyclic) bond motifs is 1. The van der Waals surface area contributed by atoms with Gasteiger partial charge in [0.25, 0.3) is 5.91 Å². The molecule has 0 saturated carbocycles. The van der Waals surface area contributed by atoms with Gasteiger partial charge in [0.15, 0.2) is 5.78 Å². The lowest BCUT2D eigenvalue weighted by molar-refractivity contribution is -0.137. The molecule has 3 aliphatic heterocycles. The number of rotatable bonds is 8. The van der Waals surface area contributed by atoms with Crippen LogP contribution >= 0.6 is 11.8 Å². The number of carbonyl (C=O) groups is 2. The maximum absolute atomic E-state index is 13.2. The highest BCUT2D eigenvalue weighted by Gasteiger charge is 2.39. The number of carbonyl (C=O) groups excluding carboxylic acids is 2. The predicted molar refractivity (Wildman–Crippen MR) is 134 cm³/mol. The van der Waals surface area contributed by atoms with Crippen LogP contribution in [0.3, 0.4) is 0 Å². The molecule has 1 aromatic carbocycles. The van der Waals surface area contributed by atoms with Gasteiger partial charge in [-0.05, 0) is 48.1 Å². The SMILES string of the molecule is O=C(CC1CN(C2CCOC2)C[C@@H]1SCc1cccnc1)CN1CCc2ccc(C(F)(F)F)cc2C1=O. The van der Waals surface area contributed by atoms with Crippen molar-refractivity contribution in [1.29, 1.82) is 0 Å². The summed E-state index contributed by atoms with van der Waals surface area (Å²) in [4.78, 5) is 34.2. The van der Waals surface area contributed by atoms with Gasteiger partial charge >= 0.3 is 6.18 Å². The van der Waals surface area contributed by atoms with E-state index in [1.54, 1.807) is 6.20 Å². The minimum Gasteiger partial charge on any atom is -0.380 e. The Bertz CT molecular complexity index is 1120. The van der Waals surface area contributed by atoms with Crippen molar-refractivity contribution >= 4 is 23.5 Å². The van der Waals surface area contributed by atoms with E-state index in [0.29, 0.717) is 37.6 Å². The fourth-order valence-corrected chi connectivity index (χ4v) is 6.80. The number of hydrogen-bond donors (Lipinski definition) is 0. The molecule has 0 bridgehead atoms. The largest absolute Gasteiger partial charge is 0.416 e. The van der Waals surface area contributed by atoms with Gasteiger partial charge in [-0.2, -0.15) is 24.9 Å². The summed E-state index contributed by atoms with van der Waals surface area (Å²) in [6.07, 6.45) is 0.853. The second-order valence-corrected chi connectivity index (χ2v) is 11.3. The molecule has 0 N–H and O–H groups in total. The molecule has 2 aromatic rings. The van der Waals surface area contributed by atoms with Crippen LogP contribution in [-0.2, 0) is 27.9 Å². The topological polar surface area (TPSA) is 62.7 Å². The van der Waals surface area contributed by atoms with Gasteiger partial charge in [0.2, 0.25) is 0 Å². The van der Waals surface area contributed by atoms with Crippen LogP contribution in [0.2, 0.25) is 0 Å². The van der Waals surface area contributed by atoms with Crippen LogP contribution in [0, 0.1) is 5.92 Å². The van der Waals surface area contributed by atoms with Crippen LogP contribution in [0.1, 0.15) is 39.9 Å². The lowest BCUT2D eigenvalue weighted by atomic mass is 9.95. The molecule has 0 spiro atoms. The van der Waals surface area contributed by atoms with E-state index >= 15 is 0 Å². The Morgan fingerprint density at radius 1 is 1.22 bits per heavy atom. The summed E-state index contributed by atoms with van der Waals surface area (Å²) in [6.45, 7) is 3.41. The first kappa shape index (κ1) is 26.2. The van der Waals surface area contributed by atoms with Gasteiger partial charge in [-0.3, -0.25) is 19.5 Å². The van der Waals surface area contributed by atoms with E-state index in [-0.39, 0.29) is 29.1 Å². The van der Waals surface area contributed by atoms with Crippen molar-refractivity contribution in [2.75, 3.05) is 39.4 Å². The summed E-state index contributed by atoms with van der Waals surface area (Å²) >= 11 is 1.83. The molecule has 6 nitrogen and oxygen atoms in total. The molecule has 2 unspecified atom stereocenters. The van der Waals surface area contributed by atoms with Gasteiger partial charge in [0.05, 0.1) is 18.7 Å². The number of thioether (sulfide) groups is 1. The lowest BCUT2D eigenvalue weighted by Crippen LogP contribution is -2.41. The van der Waals surface area contributed by atoms with E-state index < -0.39 is 17.6 Å². The molecule has 0 aliphatic carbocycles. The average molecular weight is 534 g/mol. The summed E-state index contributed by atoms with van der Waals surface area (Å²) in [5, 5.41) is 0.261. The molecular formula is C27H30F3N3O3S. The van der Waals surface area contributed by atoms with Crippen molar-refractivity contribution in [3.63, 3.8) is 0 Å². The first-order valence-electron chi connectivity index (χ1n) is 12.6. The third-order valence-corrected chi connectivity index (χ3v) is 8.94. The maximum atomic E-state index is 13.2. The van der Waals surface area contributed by atoms with Crippen LogP contribution in [0.5, 0.6) is 0 Å². The van der Waals surface area contributed by atoms with Gasteiger partial charge < -0.3 is 9.64 Å². The fourth-order valence-electron chi connectivity index (χ4n) is 5.47. The Labute approximate surface area is 218 Å². The number of nitrogens with zero attached hydrogens (tertiary/aromatic N) is 3. The molecule has 4 heterocycles. The fraction of sp³-hybridized carbons (Fsp3) is 0.519. The number of Topliss-reactive ketones (excluding diaryl/α,β-unsaturated/α-hetero) is 1. The van der Waals surface area contributed by atoms with Crippen LogP contribution in [-0.4, -0.2) is 77.2 Å². The monoisotopic (exact) mass is 533 g/mol. The van der Waals surface area contributed by atoms with Gasteiger partial charge in [0, 0.05) is 67.7 Å². The summed E-state index contributed by atoms with van der Waals surface area (Å²) < 4.78 is 45.1. The van der Waals surface area contributed by atoms with E-state index in [1.165, 1.54) is 11.0 Å². The molecule has 3 atom stereocenters. The Morgan fingerprint density at radius 2 is 2.08 bits per heavy atom. The molecule has 3 aliphatic rings. The summed E-state index contributed by atoms with van der Waals surface area (Å²) in [7, 11) is 0. The highest BCUT2D eigenvalue weighted by molar-refractivity contribution is 7.99. The Kier molecular flexibility index (Phi) is 7.88. The van der Waals surface area contributed by atoms with E-state index in [2.05, 4.69) is 9.88 Å². The lowest BCUT2D eigenvalue weighted by Gasteiger charge is -2.29. The van der Waals surface area contributed by atoms with Gasteiger partial charge in [0.1, 0.15) is 0 Å². The number of pyridine rings is 1.